The SMILES string of the molecule is COc1cc(OC)c(C=C2NC(=O)N(Cc3ccc(Br)cc3)C2=O)cc1Br. The van der Waals surface area contributed by atoms with Gasteiger partial charge in [-0.15, -0.1) is 0 Å². The third kappa shape index (κ3) is 4.17. The normalized spacial score (nSPS) is 15.3. The molecule has 27 heavy (non-hydrogen) atoms. The fourth-order valence-electron chi connectivity index (χ4n) is 2.64. The summed E-state index contributed by atoms with van der Waals surface area (Å²) >= 11 is 6.78. The van der Waals surface area contributed by atoms with Crippen LogP contribution >= 0.6 is 31.9 Å². The summed E-state index contributed by atoms with van der Waals surface area (Å²) in [5, 5.41) is 2.62. The molecule has 2 aromatic rings. The fourth-order valence-corrected chi connectivity index (χ4v) is 3.43. The van der Waals surface area contributed by atoms with E-state index in [0.29, 0.717) is 21.5 Å². The van der Waals surface area contributed by atoms with Crippen LogP contribution in [0.3, 0.4) is 0 Å². The van der Waals surface area contributed by atoms with Gasteiger partial charge in [0.25, 0.3) is 5.91 Å². The Balaban J connectivity index is 1.88. The second-order valence-electron chi connectivity index (χ2n) is 5.73. The molecular weight excluding hydrogens is 480 g/mol. The van der Waals surface area contributed by atoms with E-state index in [1.165, 1.54) is 12.0 Å². The van der Waals surface area contributed by atoms with E-state index in [4.69, 9.17) is 9.47 Å². The molecule has 1 saturated heterocycles. The van der Waals surface area contributed by atoms with Gasteiger partial charge >= 0.3 is 6.03 Å². The molecule has 1 aliphatic rings. The number of halogens is 2. The largest absolute Gasteiger partial charge is 0.496 e. The number of rotatable bonds is 5. The highest BCUT2D eigenvalue weighted by atomic mass is 79.9. The zero-order valence-corrected chi connectivity index (χ0v) is 17.8. The molecule has 2 aromatic carbocycles. The smallest absolute Gasteiger partial charge is 0.329 e. The number of nitrogens with zero attached hydrogens (tertiary/aromatic N) is 1. The Hall–Kier alpha value is -2.32. The van der Waals surface area contributed by atoms with E-state index in [-0.39, 0.29) is 12.2 Å². The van der Waals surface area contributed by atoms with Crippen molar-refractivity contribution in [1.29, 1.82) is 0 Å². The molecule has 0 aromatic heterocycles. The first-order valence-corrected chi connectivity index (χ1v) is 9.52. The Bertz CT molecular complexity index is 926. The summed E-state index contributed by atoms with van der Waals surface area (Å²) in [5.74, 6) is 0.737. The van der Waals surface area contributed by atoms with Crippen molar-refractivity contribution in [3.05, 3.63) is 62.2 Å². The molecule has 0 aliphatic carbocycles. The highest BCUT2D eigenvalue weighted by Gasteiger charge is 2.33. The van der Waals surface area contributed by atoms with E-state index < -0.39 is 11.9 Å². The van der Waals surface area contributed by atoms with Gasteiger partial charge in [0.15, 0.2) is 0 Å². The minimum absolute atomic E-state index is 0.187. The van der Waals surface area contributed by atoms with Gasteiger partial charge in [0.1, 0.15) is 17.2 Å². The van der Waals surface area contributed by atoms with E-state index in [1.807, 2.05) is 24.3 Å². The highest BCUT2D eigenvalue weighted by molar-refractivity contribution is 9.10. The van der Waals surface area contributed by atoms with Crippen LogP contribution in [0.1, 0.15) is 11.1 Å². The van der Waals surface area contributed by atoms with E-state index in [1.54, 1.807) is 25.3 Å². The van der Waals surface area contributed by atoms with Crippen LogP contribution in [-0.4, -0.2) is 31.1 Å². The molecule has 0 unspecified atom stereocenters. The Kier molecular flexibility index (Phi) is 5.86. The van der Waals surface area contributed by atoms with Gasteiger partial charge in [0, 0.05) is 16.1 Å². The van der Waals surface area contributed by atoms with Crippen LogP contribution in [0.5, 0.6) is 11.5 Å². The monoisotopic (exact) mass is 494 g/mol. The van der Waals surface area contributed by atoms with Gasteiger partial charge < -0.3 is 14.8 Å². The summed E-state index contributed by atoms with van der Waals surface area (Å²) in [7, 11) is 3.08. The quantitative estimate of drug-likeness (QED) is 0.495. The minimum Gasteiger partial charge on any atom is -0.496 e. The molecule has 6 nitrogen and oxygen atoms in total. The summed E-state index contributed by atoms with van der Waals surface area (Å²) in [6.45, 7) is 0.193. The molecule has 0 bridgehead atoms. The molecule has 1 heterocycles. The van der Waals surface area contributed by atoms with Crippen molar-refractivity contribution in [2.75, 3.05) is 14.2 Å². The van der Waals surface area contributed by atoms with Gasteiger partial charge in [-0.05, 0) is 45.8 Å². The van der Waals surface area contributed by atoms with Crippen molar-refractivity contribution in [2.45, 2.75) is 6.54 Å². The lowest BCUT2D eigenvalue weighted by atomic mass is 10.1. The van der Waals surface area contributed by atoms with Crippen molar-refractivity contribution < 1.29 is 19.1 Å². The minimum atomic E-state index is -0.458. The highest BCUT2D eigenvalue weighted by Crippen LogP contribution is 2.34. The van der Waals surface area contributed by atoms with Crippen LogP contribution < -0.4 is 14.8 Å². The van der Waals surface area contributed by atoms with Crippen LogP contribution in [0.15, 0.2) is 51.0 Å². The standard InChI is InChI=1S/C19H16Br2N2O4/c1-26-16-9-17(27-2)14(21)7-12(16)8-15-18(24)23(19(25)22-15)10-11-3-5-13(20)6-4-11/h3-9H,10H2,1-2H3,(H,22,25). The number of ether oxygens (including phenoxy) is 2. The third-order valence-corrected chi connectivity index (χ3v) is 5.17. The number of methoxy groups -OCH3 is 2. The van der Waals surface area contributed by atoms with Crippen LogP contribution in [0, 0.1) is 0 Å². The zero-order chi connectivity index (χ0) is 19.6. The molecule has 3 rings (SSSR count). The van der Waals surface area contributed by atoms with Gasteiger partial charge in [-0.1, -0.05) is 28.1 Å². The molecule has 1 fully saturated rings. The van der Waals surface area contributed by atoms with Gasteiger partial charge in [0.2, 0.25) is 0 Å². The topological polar surface area (TPSA) is 67.9 Å². The number of amides is 3. The maximum atomic E-state index is 12.7. The van der Waals surface area contributed by atoms with E-state index >= 15 is 0 Å². The van der Waals surface area contributed by atoms with Crippen molar-refractivity contribution in [2.24, 2.45) is 0 Å². The summed E-state index contributed by atoms with van der Waals surface area (Å²) in [4.78, 5) is 26.1. The Morgan fingerprint density at radius 3 is 2.33 bits per heavy atom. The van der Waals surface area contributed by atoms with Gasteiger partial charge in [-0.3, -0.25) is 9.69 Å². The lowest BCUT2D eigenvalue weighted by Gasteiger charge is -2.12. The molecule has 0 atom stereocenters. The summed E-state index contributed by atoms with van der Waals surface area (Å²) < 4.78 is 12.2. The van der Waals surface area contributed by atoms with E-state index in [9.17, 15) is 9.59 Å². The third-order valence-electron chi connectivity index (χ3n) is 4.02. The number of imide groups is 1. The van der Waals surface area contributed by atoms with Crippen molar-refractivity contribution in [3.63, 3.8) is 0 Å². The molecule has 3 amide bonds. The van der Waals surface area contributed by atoms with Crippen LogP contribution in [0.25, 0.3) is 6.08 Å². The summed E-state index contributed by atoms with van der Waals surface area (Å²) in [6, 6.07) is 10.5. The molecule has 140 valence electrons. The van der Waals surface area contributed by atoms with Crippen molar-refractivity contribution in [1.82, 2.24) is 10.2 Å². The molecular formula is C19H16Br2N2O4. The summed E-state index contributed by atoms with van der Waals surface area (Å²) in [5.41, 5.74) is 1.68. The van der Waals surface area contributed by atoms with E-state index in [0.717, 1.165) is 10.0 Å². The zero-order valence-electron chi connectivity index (χ0n) is 14.6. The maximum absolute atomic E-state index is 12.7. The first-order chi connectivity index (χ1) is 12.9. The molecule has 1 aliphatic heterocycles. The van der Waals surface area contributed by atoms with Crippen molar-refractivity contribution >= 4 is 49.9 Å². The number of carbonyl (C=O) groups is 2. The van der Waals surface area contributed by atoms with Gasteiger partial charge in [-0.2, -0.15) is 0 Å². The van der Waals surface area contributed by atoms with E-state index in [2.05, 4.69) is 37.2 Å². The second kappa shape index (κ2) is 8.14. The van der Waals surface area contributed by atoms with Crippen LogP contribution in [0.2, 0.25) is 0 Å². The van der Waals surface area contributed by atoms with Gasteiger partial charge in [-0.25, -0.2) is 4.79 Å². The average Bonchev–Trinajstić information content (AvgIpc) is 2.91. The first-order valence-electron chi connectivity index (χ1n) is 7.93. The maximum Gasteiger partial charge on any atom is 0.329 e. The molecule has 0 saturated carbocycles. The van der Waals surface area contributed by atoms with Crippen LogP contribution in [0.4, 0.5) is 4.79 Å². The molecule has 0 radical (unpaired) electrons. The predicted octanol–water partition coefficient (Wildman–Crippen LogP) is 4.32. The molecule has 0 spiro atoms. The Labute approximate surface area is 173 Å². The van der Waals surface area contributed by atoms with Crippen molar-refractivity contribution in [3.8, 4) is 11.5 Å². The number of hydrogen-bond donors (Lipinski definition) is 1. The Morgan fingerprint density at radius 1 is 1.04 bits per heavy atom. The number of hydrogen-bond acceptors (Lipinski definition) is 4. The molecule has 8 heteroatoms. The Morgan fingerprint density at radius 2 is 1.70 bits per heavy atom. The number of carbonyl (C=O) groups excluding carboxylic acids is 2. The van der Waals surface area contributed by atoms with Crippen LogP contribution in [-0.2, 0) is 11.3 Å². The number of urea groups is 1. The predicted molar refractivity (Wildman–Crippen MR) is 108 cm³/mol. The molecule has 1 N–H and O–H groups in total. The average molecular weight is 496 g/mol. The fraction of sp³-hybridized carbons (Fsp3) is 0.158. The summed E-state index contributed by atoms with van der Waals surface area (Å²) in [6.07, 6.45) is 1.59. The number of nitrogens with one attached hydrogen (secondary N) is 1. The lowest BCUT2D eigenvalue weighted by Crippen LogP contribution is -2.30. The lowest BCUT2D eigenvalue weighted by molar-refractivity contribution is -0.123. The number of benzene rings is 2. The second-order valence-corrected chi connectivity index (χ2v) is 7.50. The first kappa shape index (κ1) is 19.4. The van der Waals surface area contributed by atoms with Gasteiger partial charge in [0.05, 0.1) is 25.2 Å².